The van der Waals surface area contributed by atoms with Gasteiger partial charge in [-0.3, -0.25) is 4.79 Å². The lowest BCUT2D eigenvalue weighted by molar-refractivity contribution is -0.137. The average Bonchev–Trinajstić information content (AvgIpc) is 2.78. The van der Waals surface area contributed by atoms with E-state index in [1.54, 1.807) is 0 Å². The molecule has 1 aromatic rings. The van der Waals surface area contributed by atoms with Crippen LogP contribution in [-0.2, 0) is 21.5 Å². The Balaban J connectivity index is 2.20. The van der Waals surface area contributed by atoms with Crippen LogP contribution in [0, 0.1) is 6.92 Å². The van der Waals surface area contributed by atoms with Gasteiger partial charge < -0.3 is 9.67 Å². The Morgan fingerprint density at radius 2 is 2.10 bits per heavy atom. The summed E-state index contributed by atoms with van der Waals surface area (Å²) in [5.41, 5.74) is 2.09. The molecule has 2 rings (SSSR count). The molecule has 0 bridgehead atoms. The molecule has 0 spiro atoms. The molecule has 118 valence electrons. The van der Waals surface area contributed by atoms with Crippen molar-refractivity contribution in [3.05, 3.63) is 23.5 Å². The summed E-state index contributed by atoms with van der Waals surface area (Å²) in [5, 5.41) is 8.68. The fraction of sp³-hybridized carbons (Fsp3) is 0.615. The van der Waals surface area contributed by atoms with Crippen LogP contribution in [0.4, 0.5) is 0 Å². The summed E-state index contributed by atoms with van der Waals surface area (Å²) >= 11 is 0. The molecule has 0 fully saturated rings. The minimum Gasteiger partial charge on any atom is -0.481 e. The van der Waals surface area contributed by atoms with Crippen molar-refractivity contribution < 1.29 is 18.3 Å². The molecule has 0 saturated carbocycles. The molecular weight excluding hydrogens is 294 g/mol. The van der Waals surface area contributed by atoms with Gasteiger partial charge in [-0.25, -0.2) is 0 Å². The smallest absolute Gasteiger partial charge is 0.304 e. The van der Waals surface area contributed by atoms with Crippen LogP contribution < -0.4 is 0 Å². The molecule has 1 aliphatic heterocycles. The van der Waals surface area contributed by atoms with E-state index >= 15 is 0 Å². The van der Waals surface area contributed by atoms with Crippen molar-refractivity contribution in [3.63, 3.8) is 0 Å². The van der Waals surface area contributed by atoms with Gasteiger partial charge in [0.2, 0.25) is 0 Å². The molecule has 21 heavy (non-hydrogen) atoms. The SMILES string of the molecule is Cc1ccc2n1CCN(S(=O)(=O)N(C)CCC(=O)O)C2C. The van der Waals surface area contributed by atoms with Gasteiger partial charge in [0.1, 0.15) is 0 Å². The first-order chi connectivity index (χ1) is 9.75. The van der Waals surface area contributed by atoms with Gasteiger partial charge in [0, 0.05) is 38.1 Å². The summed E-state index contributed by atoms with van der Waals surface area (Å²) in [7, 11) is -2.23. The van der Waals surface area contributed by atoms with E-state index in [1.807, 2.05) is 26.0 Å². The largest absolute Gasteiger partial charge is 0.481 e. The predicted octanol–water partition coefficient (Wildman–Crippen LogP) is 0.824. The summed E-state index contributed by atoms with van der Waals surface area (Å²) < 4.78 is 29.8. The minimum atomic E-state index is -3.65. The summed E-state index contributed by atoms with van der Waals surface area (Å²) in [4.78, 5) is 10.6. The van der Waals surface area contributed by atoms with Crippen LogP contribution in [0.5, 0.6) is 0 Å². The third-order valence-corrected chi connectivity index (χ3v) is 6.03. The van der Waals surface area contributed by atoms with Crippen LogP contribution in [0.2, 0.25) is 0 Å². The van der Waals surface area contributed by atoms with E-state index in [1.165, 1.54) is 11.4 Å². The number of fused-ring (bicyclic) bond motifs is 1. The standard InChI is InChI=1S/C13H21N3O4S/c1-10-4-5-12-11(2)16(9-8-15(10)12)21(19,20)14(3)7-6-13(17)18/h4-5,11H,6-9H2,1-3H3,(H,17,18). The molecule has 2 heterocycles. The van der Waals surface area contributed by atoms with Gasteiger partial charge in [0.15, 0.2) is 0 Å². The fourth-order valence-electron chi connectivity index (χ4n) is 2.66. The van der Waals surface area contributed by atoms with Crippen LogP contribution in [0.25, 0.3) is 0 Å². The summed E-state index contributed by atoms with van der Waals surface area (Å²) in [6.45, 7) is 4.83. The highest BCUT2D eigenvalue weighted by atomic mass is 32.2. The van der Waals surface area contributed by atoms with Crippen LogP contribution in [0.3, 0.4) is 0 Å². The first kappa shape index (κ1) is 16.0. The van der Waals surface area contributed by atoms with Crippen molar-refractivity contribution >= 4 is 16.2 Å². The van der Waals surface area contributed by atoms with E-state index in [0.717, 1.165) is 15.7 Å². The molecule has 0 aliphatic carbocycles. The van der Waals surface area contributed by atoms with E-state index in [9.17, 15) is 13.2 Å². The van der Waals surface area contributed by atoms with Crippen LogP contribution >= 0.6 is 0 Å². The number of aromatic nitrogens is 1. The first-order valence-electron chi connectivity index (χ1n) is 6.86. The van der Waals surface area contributed by atoms with Crippen molar-refractivity contribution in [2.24, 2.45) is 0 Å². The zero-order valence-electron chi connectivity index (χ0n) is 12.5. The zero-order valence-corrected chi connectivity index (χ0v) is 13.3. The number of rotatable bonds is 5. The Morgan fingerprint density at radius 1 is 1.43 bits per heavy atom. The lowest BCUT2D eigenvalue weighted by atomic mass is 10.2. The van der Waals surface area contributed by atoms with Gasteiger partial charge in [0.05, 0.1) is 12.5 Å². The molecule has 0 radical (unpaired) electrons. The van der Waals surface area contributed by atoms with Gasteiger partial charge in [-0.1, -0.05) is 0 Å². The highest BCUT2D eigenvalue weighted by Gasteiger charge is 2.35. The number of carboxylic acid groups (broad SMARTS) is 1. The maximum Gasteiger partial charge on any atom is 0.304 e. The van der Waals surface area contributed by atoms with Crippen LogP contribution in [0.1, 0.15) is 30.8 Å². The first-order valence-corrected chi connectivity index (χ1v) is 8.25. The van der Waals surface area contributed by atoms with E-state index in [2.05, 4.69) is 4.57 Å². The maximum absolute atomic E-state index is 12.6. The van der Waals surface area contributed by atoms with Gasteiger partial charge in [-0.15, -0.1) is 0 Å². The molecule has 8 heteroatoms. The number of nitrogens with zero attached hydrogens (tertiary/aromatic N) is 3. The van der Waals surface area contributed by atoms with Crippen molar-refractivity contribution in [2.45, 2.75) is 32.9 Å². The van der Waals surface area contributed by atoms with Crippen molar-refractivity contribution in [3.8, 4) is 0 Å². The average molecular weight is 315 g/mol. The molecule has 1 atom stereocenters. The molecule has 0 saturated heterocycles. The van der Waals surface area contributed by atoms with Gasteiger partial charge in [-0.2, -0.15) is 17.0 Å². The quantitative estimate of drug-likeness (QED) is 0.872. The maximum atomic E-state index is 12.6. The second-order valence-corrected chi connectivity index (χ2v) is 7.30. The van der Waals surface area contributed by atoms with Gasteiger partial charge >= 0.3 is 5.97 Å². The minimum absolute atomic E-state index is 0.0269. The number of aliphatic carboxylic acids is 1. The molecule has 1 unspecified atom stereocenters. The lowest BCUT2D eigenvalue weighted by Crippen LogP contribution is -2.47. The van der Waals surface area contributed by atoms with Crippen molar-refractivity contribution in [2.75, 3.05) is 20.1 Å². The Labute approximate surface area is 125 Å². The number of hydrogen-bond acceptors (Lipinski definition) is 3. The molecule has 1 aliphatic rings. The van der Waals surface area contributed by atoms with E-state index in [0.29, 0.717) is 13.1 Å². The number of carboxylic acids is 1. The summed E-state index contributed by atoms with van der Waals surface area (Å²) in [6.07, 6.45) is -0.201. The highest BCUT2D eigenvalue weighted by Crippen LogP contribution is 2.30. The topological polar surface area (TPSA) is 82.9 Å². The molecule has 0 aromatic carbocycles. The van der Waals surface area contributed by atoms with Gasteiger partial charge in [0.25, 0.3) is 10.2 Å². The van der Waals surface area contributed by atoms with Crippen molar-refractivity contribution in [1.82, 2.24) is 13.2 Å². The third kappa shape index (κ3) is 2.97. The molecular formula is C13H21N3O4S. The molecule has 7 nitrogen and oxygen atoms in total. The predicted molar refractivity (Wildman–Crippen MR) is 78.1 cm³/mol. The zero-order chi connectivity index (χ0) is 15.8. The van der Waals surface area contributed by atoms with Crippen LogP contribution in [0.15, 0.2) is 12.1 Å². The number of hydrogen-bond donors (Lipinski definition) is 1. The Bertz CT molecular complexity index is 638. The Hall–Kier alpha value is -1.38. The number of aryl methyl sites for hydroxylation is 1. The summed E-state index contributed by atoms with van der Waals surface area (Å²) in [5.74, 6) is -1.01. The Kier molecular flexibility index (Phi) is 4.40. The Morgan fingerprint density at radius 3 is 2.71 bits per heavy atom. The molecule has 1 N–H and O–H groups in total. The normalized spacial score (nSPS) is 19.7. The second kappa shape index (κ2) is 5.78. The number of carbonyl (C=O) groups is 1. The monoisotopic (exact) mass is 315 g/mol. The summed E-state index contributed by atoms with van der Waals surface area (Å²) in [6, 6.07) is 3.67. The lowest BCUT2D eigenvalue weighted by Gasteiger charge is -2.36. The van der Waals surface area contributed by atoms with Crippen molar-refractivity contribution in [1.29, 1.82) is 0 Å². The third-order valence-electron chi connectivity index (χ3n) is 3.97. The molecule has 1 aromatic heterocycles. The van der Waals surface area contributed by atoms with Gasteiger partial charge in [-0.05, 0) is 26.0 Å². The van der Waals surface area contributed by atoms with E-state index in [4.69, 9.17) is 5.11 Å². The molecule has 0 amide bonds. The van der Waals surface area contributed by atoms with Crippen LogP contribution in [-0.4, -0.2) is 52.8 Å². The highest BCUT2D eigenvalue weighted by molar-refractivity contribution is 7.86. The second-order valence-electron chi connectivity index (χ2n) is 5.31. The van der Waals surface area contributed by atoms with E-state index < -0.39 is 16.2 Å². The fourth-order valence-corrected chi connectivity index (χ4v) is 4.16. The van der Waals surface area contributed by atoms with E-state index in [-0.39, 0.29) is 19.0 Å².